The van der Waals surface area contributed by atoms with Crippen molar-refractivity contribution >= 4 is 17.5 Å². The van der Waals surface area contributed by atoms with Gasteiger partial charge in [-0.1, -0.05) is 24.3 Å². The minimum Gasteiger partial charge on any atom is -0.366 e. The number of amides is 1. The van der Waals surface area contributed by atoms with Crippen LogP contribution in [0.2, 0.25) is 0 Å². The molecule has 2 nitrogen and oxygen atoms in total. The van der Waals surface area contributed by atoms with Crippen LogP contribution in [0.25, 0.3) is 0 Å². The lowest BCUT2D eigenvalue weighted by molar-refractivity contribution is -0.114. The molecule has 0 unspecified atom stereocenters. The van der Waals surface area contributed by atoms with Gasteiger partial charge in [0.25, 0.3) is 0 Å². The Balaban J connectivity index is 4.38. The summed E-state index contributed by atoms with van der Waals surface area (Å²) >= 11 is 5.38. The molecule has 0 rings (SSSR count). The lowest BCUT2D eigenvalue weighted by atomic mass is 10.2. The van der Waals surface area contributed by atoms with Crippen LogP contribution in [-0.4, -0.2) is 5.91 Å². The molecule has 9 heavy (non-hydrogen) atoms. The normalized spacial score (nSPS) is 11.1. The van der Waals surface area contributed by atoms with Crippen LogP contribution in [0.4, 0.5) is 0 Å². The third kappa shape index (κ3) is 2.33. The highest BCUT2D eigenvalue weighted by molar-refractivity contribution is 6.34. The van der Waals surface area contributed by atoms with Crippen LogP contribution >= 0.6 is 11.6 Å². The van der Waals surface area contributed by atoms with Crippen molar-refractivity contribution in [3.8, 4) is 0 Å². The second kappa shape index (κ2) is 3.30. The van der Waals surface area contributed by atoms with E-state index in [0.29, 0.717) is 0 Å². The number of carbonyl (C=O) groups excluding carboxylic acids is 1. The van der Waals surface area contributed by atoms with E-state index in [1.54, 1.807) is 6.92 Å². The second-order valence-electron chi connectivity index (χ2n) is 1.47. The van der Waals surface area contributed by atoms with Crippen molar-refractivity contribution < 1.29 is 4.79 Å². The summed E-state index contributed by atoms with van der Waals surface area (Å²) in [5, 5.41) is 0.185. The van der Waals surface area contributed by atoms with Crippen molar-refractivity contribution in [1.82, 2.24) is 0 Å². The number of carbonyl (C=O) groups is 1. The zero-order valence-corrected chi connectivity index (χ0v) is 5.90. The van der Waals surface area contributed by atoms with E-state index in [0.717, 1.165) is 0 Å². The molecule has 1 amide bonds. The Hall–Kier alpha value is -0.760. The Morgan fingerprint density at radius 2 is 2.22 bits per heavy atom. The molecule has 0 heterocycles. The fraction of sp³-hybridized carbons (Fsp3) is 0.167. The average Bonchev–Trinajstić information content (AvgIpc) is 1.64. The Kier molecular flexibility index (Phi) is 3.02. The SMILES string of the molecule is C=C(Cl)/C(=C\C)C(N)=O. The van der Waals surface area contributed by atoms with Gasteiger partial charge >= 0.3 is 0 Å². The average molecular weight is 146 g/mol. The van der Waals surface area contributed by atoms with Gasteiger partial charge in [0, 0.05) is 5.03 Å². The number of allylic oxidation sites excluding steroid dienone is 1. The maximum atomic E-state index is 10.4. The summed E-state index contributed by atoms with van der Waals surface area (Å²) < 4.78 is 0. The van der Waals surface area contributed by atoms with E-state index in [4.69, 9.17) is 17.3 Å². The van der Waals surface area contributed by atoms with Gasteiger partial charge in [0.2, 0.25) is 5.91 Å². The highest BCUT2D eigenvalue weighted by atomic mass is 35.5. The minimum atomic E-state index is -0.544. The summed E-state index contributed by atoms with van der Waals surface area (Å²) in [6, 6.07) is 0. The summed E-state index contributed by atoms with van der Waals surface area (Å²) in [5.41, 5.74) is 5.17. The smallest absolute Gasteiger partial charge is 0.249 e. The molecule has 0 radical (unpaired) electrons. The van der Waals surface area contributed by atoms with Crippen LogP contribution in [-0.2, 0) is 4.79 Å². The molecule has 0 aliphatic rings. The van der Waals surface area contributed by atoms with Gasteiger partial charge in [0.05, 0.1) is 5.57 Å². The topological polar surface area (TPSA) is 43.1 Å². The molecule has 3 heteroatoms. The molecular formula is C6H8ClNO. The molecule has 0 aliphatic carbocycles. The highest BCUT2D eigenvalue weighted by Gasteiger charge is 2.03. The maximum Gasteiger partial charge on any atom is 0.249 e. The monoisotopic (exact) mass is 145 g/mol. The van der Waals surface area contributed by atoms with Gasteiger partial charge in [-0.05, 0) is 6.92 Å². The molecule has 0 aromatic heterocycles. The molecule has 0 aromatic rings. The Labute approximate surface area is 59.0 Å². The largest absolute Gasteiger partial charge is 0.366 e. The predicted octanol–water partition coefficient (Wildman–Crippen LogP) is 1.17. The zero-order chi connectivity index (χ0) is 7.44. The summed E-state index contributed by atoms with van der Waals surface area (Å²) in [5.74, 6) is -0.544. The van der Waals surface area contributed by atoms with Gasteiger partial charge in [-0.25, -0.2) is 0 Å². The summed E-state index contributed by atoms with van der Waals surface area (Å²) in [6.45, 7) is 5.02. The molecule has 0 saturated carbocycles. The Bertz CT molecular complexity index is 156. The highest BCUT2D eigenvalue weighted by Crippen LogP contribution is 2.09. The van der Waals surface area contributed by atoms with Crippen LogP contribution in [0.5, 0.6) is 0 Å². The van der Waals surface area contributed by atoms with E-state index in [-0.39, 0.29) is 10.6 Å². The van der Waals surface area contributed by atoms with E-state index in [9.17, 15) is 4.79 Å². The van der Waals surface area contributed by atoms with Crippen molar-refractivity contribution in [2.75, 3.05) is 0 Å². The number of primary amides is 1. The Morgan fingerprint density at radius 1 is 1.78 bits per heavy atom. The predicted molar refractivity (Wildman–Crippen MR) is 37.9 cm³/mol. The van der Waals surface area contributed by atoms with Crippen LogP contribution < -0.4 is 5.73 Å². The van der Waals surface area contributed by atoms with Gasteiger partial charge < -0.3 is 5.73 Å². The minimum absolute atomic E-state index is 0.185. The van der Waals surface area contributed by atoms with Crippen LogP contribution in [0.3, 0.4) is 0 Å². The molecule has 0 bridgehead atoms. The fourth-order valence-electron chi connectivity index (χ4n) is 0.433. The van der Waals surface area contributed by atoms with Gasteiger partial charge in [0.1, 0.15) is 0 Å². The van der Waals surface area contributed by atoms with E-state index in [2.05, 4.69) is 6.58 Å². The van der Waals surface area contributed by atoms with Gasteiger partial charge in [-0.3, -0.25) is 4.79 Å². The molecule has 0 saturated heterocycles. The molecular weight excluding hydrogens is 138 g/mol. The van der Waals surface area contributed by atoms with Crippen LogP contribution in [0.1, 0.15) is 6.92 Å². The van der Waals surface area contributed by atoms with Crippen molar-refractivity contribution in [2.24, 2.45) is 5.73 Å². The molecule has 0 spiro atoms. The Morgan fingerprint density at radius 3 is 2.22 bits per heavy atom. The maximum absolute atomic E-state index is 10.4. The lowest BCUT2D eigenvalue weighted by Crippen LogP contribution is -2.13. The van der Waals surface area contributed by atoms with Crippen LogP contribution in [0.15, 0.2) is 23.3 Å². The number of nitrogens with two attached hydrogens (primary N) is 1. The first kappa shape index (κ1) is 8.24. The first-order valence-electron chi connectivity index (χ1n) is 2.40. The van der Waals surface area contributed by atoms with Gasteiger partial charge in [-0.2, -0.15) is 0 Å². The molecule has 50 valence electrons. The molecule has 0 atom stereocenters. The summed E-state index contributed by atoms with van der Waals surface area (Å²) in [7, 11) is 0. The standard InChI is InChI=1S/C6H8ClNO/c1-3-5(4(2)7)6(8)9/h3H,2H2,1H3,(H2,8,9)/b5-3+. The molecule has 0 aliphatic heterocycles. The molecule has 2 N–H and O–H groups in total. The molecule has 0 fully saturated rings. The van der Waals surface area contributed by atoms with Gasteiger partial charge in [-0.15, -0.1) is 0 Å². The number of hydrogen-bond donors (Lipinski definition) is 1. The summed E-state index contributed by atoms with van der Waals surface area (Å²) in [6.07, 6.45) is 1.53. The fourth-order valence-corrected chi connectivity index (χ4v) is 0.635. The van der Waals surface area contributed by atoms with Crippen molar-refractivity contribution in [1.29, 1.82) is 0 Å². The zero-order valence-electron chi connectivity index (χ0n) is 5.15. The molecule has 0 aromatic carbocycles. The van der Waals surface area contributed by atoms with Crippen LogP contribution in [0, 0.1) is 0 Å². The van der Waals surface area contributed by atoms with E-state index < -0.39 is 5.91 Å². The first-order valence-corrected chi connectivity index (χ1v) is 2.78. The van der Waals surface area contributed by atoms with Crippen molar-refractivity contribution in [3.63, 3.8) is 0 Å². The quantitative estimate of drug-likeness (QED) is 0.460. The van der Waals surface area contributed by atoms with E-state index in [1.807, 2.05) is 0 Å². The lowest BCUT2D eigenvalue weighted by Gasteiger charge is -1.95. The number of rotatable bonds is 2. The van der Waals surface area contributed by atoms with E-state index in [1.165, 1.54) is 6.08 Å². The van der Waals surface area contributed by atoms with E-state index >= 15 is 0 Å². The number of hydrogen-bond acceptors (Lipinski definition) is 1. The first-order chi connectivity index (χ1) is 4.09. The number of halogens is 1. The van der Waals surface area contributed by atoms with Crippen molar-refractivity contribution in [2.45, 2.75) is 6.92 Å². The van der Waals surface area contributed by atoms with Gasteiger partial charge in [0.15, 0.2) is 0 Å². The third-order valence-electron chi connectivity index (χ3n) is 0.846. The van der Waals surface area contributed by atoms with Crippen molar-refractivity contribution in [3.05, 3.63) is 23.3 Å². The summed E-state index contributed by atoms with van der Waals surface area (Å²) in [4.78, 5) is 10.4. The second-order valence-corrected chi connectivity index (χ2v) is 1.93. The third-order valence-corrected chi connectivity index (χ3v) is 1.05.